The van der Waals surface area contributed by atoms with E-state index in [-0.39, 0.29) is 22.9 Å². The summed E-state index contributed by atoms with van der Waals surface area (Å²) in [6.07, 6.45) is 0. The van der Waals surface area contributed by atoms with Gasteiger partial charge < -0.3 is 5.11 Å². The van der Waals surface area contributed by atoms with Crippen LogP contribution in [0.5, 0.6) is 5.75 Å². The minimum absolute atomic E-state index is 0.143. The Bertz CT molecular complexity index is 361. The van der Waals surface area contributed by atoms with Gasteiger partial charge in [-0.3, -0.25) is 4.79 Å². The molecule has 1 unspecified atom stereocenters. The molecule has 1 atom stereocenters. The summed E-state index contributed by atoms with van der Waals surface area (Å²) in [5, 5.41) is 9.64. The minimum Gasteiger partial charge on any atom is -0.508 e. The lowest BCUT2D eigenvalue weighted by Crippen LogP contribution is -2.25. The van der Waals surface area contributed by atoms with E-state index >= 15 is 0 Å². The van der Waals surface area contributed by atoms with Crippen molar-refractivity contribution in [1.29, 1.82) is 0 Å². The second-order valence-corrected chi connectivity index (χ2v) is 4.89. The van der Waals surface area contributed by atoms with Crippen molar-refractivity contribution in [2.75, 3.05) is 0 Å². The molecular formula is C13H18O2. The molecule has 0 fully saturated rings. The van der Waals surface area contributed by atoms with Crippen molar-refractivity contribution in [3.05, 3.63) is 29.8 Å². The van der Waals surface area contributed by atoms with E-state index < -0.39 is 0 Å². The van der Waals surface area contributed by atoms with Gasteiger partial charge in [0.2, 0.25) is 0 Å². The normalized spacial score (nSPS) is 13.6. The molecule has 0 amide bonds. The third-order valence-corrected chi connectivity index (χ3v) is 2.54. The summed E-state index contributed by atoms with van der Waals surface area (Å²) in [7, 11) is 0. The Morgan fingerprint density at radius 1 is 1.27 bits per heavy atom. The minimum atomic E-state index is -0.373. The molecule has 0 bridgehead atoms. The average molecular weight is 206 g/mol. The van der Waals surface area contributed by atoms with Gasteiger partial charge in [-0.15, -0.1) is 0 Å². The Kier molecular flexibility index (Phi) is 3.18. The highest BCUT2D eigenvalue weighted by Crippen LogP contribution is 2.31. The first-order chi connectivity index (χ1) is 6.84. The van der Waals surface area contributed by atoms with Gasteiger partial charge in [0, 0.05) is 16.9 Å². The summed E-state index contributed by atoms with van der Waals surface area (Å²) in [4.78, 5) is 12.0. The van der Waals surface area contributed by atoms with Gasteiger partial charge in [-0.2, -0.15) is 0 Å². The van der Waals surface area contributed by atoms with E-state index in [1.807, 2.05) is 33.8 Å². The van der Waals surface area contributed by atoms with E-state index in [2.05, 4.69) is 0 Å². The Morgan fingerprint density at radius 3 is 2.27 bits per heavy atom. The fourth-order valence-corrected chi connectivity index (χ4v) is 1.64. The van der Waals surface area contributed by atoms with Crippen LogP contribution in [0.1, 0.15) is 39.2 Å². The van der Waals surface area contributed by atoms with Crippen LogP contribution in [0.3, 0.4) is 0 Å². The number of carbonyl (C=O) groups is 1. The number of phenolic OH excluding ortho intramolecular Hbond substituents is 1. The first-order valence-electron chi connectivity index (χ1n) is 5.16. The molecule has 0 aliphatic heterocycles. The predicted octanol–water partition coefficient (Wildman–Crippen LogP) is 3.11. The summed E-state index contributed by atoms with van der Waals surface area (Å²) in [5.74, 6) is 0.0813. The SMILES string of the molecule is CC(C(=O)C(C)(C)C)c1ccccc1O. The highest BCUT2D eigenvalue weighted by Gasteiger charge is 2.28. The van der Waals surface area contributed by atoms with Gasteiger partial charge in [0.1, 0.15) is 11.5 Å². The zero-order valence-electron chi connectivity index (χ0n) is 9.74. The first-order valence-corrected chi connectivity index (χ1v) is 5.16. The quantitative estimate of drug-likeness (QED) is 0.807. The number of benzene rings is 1. The van der Waals surface area contributed by atoms with Crippen molar-refractivity contribution in [2.24, 2.45) is 5.41 Å². The lowest BCUT2D eigenvalue weighted by atomic mass is 9.80. The van der Waals surface area contributed by atoms with Crippen LogP contribution in [0.15, 0.2) is 24.3 Å². The van der Waals surface area contributed by atoms with E-state index in [0.717, 1.165) is 0 Å². The number of phenols is 1. The van der Waals surface area contributed by atoms with Crippen LogP contribution in [0.25, 0.3) is 0 Å². The molecule has 0 aliphatic rings. The van der Waals surface area contributed by atoms with Crippen molar-refractivity contribution < 1.29 is 9.90 Å². The van der Waals surface area contributed by atoms with Crippen LogP contribution in [0, 0.1) is 5.41 Å². The standard InChI is InChI=1S/C13H18O2/c1-9(12(15)13(2,3)4)10-7-5-6-8-11(10)14/h5-9,14H,1-4H3. The summed E-state index contributed by atoms with van der Waals surface area (Å²) in [5.41, 5.74) is 0.333. The smallest absolute Gasteiger partial charge is 0.145 e. The van der Waals surface area contributed by atoms with Gasteiger partial charge in [-0.05, 0) is 6.07 Å². The molecule has 0 aromatic heterocycles. The van der Waals surface area contributed by atoms with Gasteiger partial charge >= 0.3 is 0 Å². The van der Waals surface area contributed by atoms with Crippen molar-refractivity contribution in [1.82, 2.24) is 0 Å². The number of carbonyl (C=O) groups excluding carboxylic acids is 1. The molecule has 1 rings (SSSR count). The molecule has 15 heavy (non-hydrogen) atoms. The van der Waals surface area contributed by atoms with E-state index in [9.17, 15) is 9.90 Å². The van der Waals surface area contributed by atoms with Crippen LogP contribution in [0.2, 0.25) is 0 Å². The first kappa shape index (κ1) is 11.8. The Labute approximate surface area is 90.9 Å². The molecule has 1 N–H and O–H groups in total. The molecular weight excluding hydrogens is 188 g/mol. The molecule has 2 nitrogen and oxygen atoms in total. The van der Waals surface area contributed by atoms with Crippen molar-refractivity contribution in [3.63, 3.8) is 0 Å². The molecule has 0 aliphatic carbocycles. The zero-order chi connectivity index (χ0) is 11.6. The van der Waals surface area contributed by atoms with Crippen molar-refractivity contribution in [2.45, 2.75) is 33.6 Å². The maximum Gasteiger partial charge on any atom is 0.145 e. The molecule has 1 aromatic rings. The molecule has 0 saturated heterocycles. The van der Waals surface area contributed by atoms with Crippen molar-refractivity contribution >= 4 is 5.78 Å². The number of hydrogen-bond acceptors (Lipinski definition) is 2. The summed E-state index contributed by atoms with van der Waals surface area (Å²) in [6, 6.07) is 7.00. The third kappa shape index (κ3) is 2.58. The topological polar surface area (TPSA) is 37.3 Å². The highest BCUT2D eigenvalue weighted by atomic mass is 16.3. The maximum absolute atomic E-state index is 12.0. The van der Waals surface area contributed by atoms with Gasteiger partial charge in [-0.1, -0.05) is 45.9 Å². The number of ketones is 1. The second kappa shape index (κ2) is 4.05. The molecule has 82 valence electrons. The van der Waals surface area contributed by atoms with Gasteiger partial charge in [0.25, 0.3) is 0 Å². The lowest BCUT2D eigenvalue weighted by Gasteiger charge is -2.22. The molecule has 2 heteroatoms. The monoisotopic (exact) mass is 206 g/mol. The van der Waals surface area contributed by atoms with Gasteiger partial charge in [0.05, 0.1) is 0 Å². The summed E-state index contributed by atoms with van der Waals surface area (Å²) >= 11 is 0. The highest BCUT2D eigenvalue weighted by molar-refractivity contribution is 5.90. The van der Waals surface area contributed by atoms with Crippen LogP contribution < -0.4 is 0 Å². The third-order valence-electron chi connectivity index (χ3n) is 2.54. The number of para-hydroxylation sites is 1. The van der Waals surface area contributed by atoms with E-state index in [1.54, 1.807) is 18.2 Å². The molecule has 0 saturated carbocycles. The molecule has 0 radical (unpaired) electrons. The van der Waals surface area contributed by atoms with Gasteiger partial charge in [0.15, 0.2) is 0 Å². The van der Waals surface area contributed by atoms with Crippen LogP contribution in [0.4, 0.5) is 0 Å². The number of hydrogen-bond donors (Lipinski definition) is 1. The number of rotatable bonds is 2. The largest absolute Gasteiger partial charge is 0.508 e. The predicted molar refractivity (Wildman–Crippen MR) is 61.0 cm³/mol. The molecule has 0 heterocycles. The maximum atomic E-state index is 12.0. The average Bonchev–Trinajstić information content (AvgIpc) is 2.15. The zero-order valence-corrected chi connectivity index (χ0v) is 9.74. The Balaban J connectivity index is 3.01. The van der Waals surface area contributed by atoms with Gasteiger partial charge in [-0.25, -0.2) is 0 Å². The fraction of sp³-hybridized carbons (Fsp3) is 0.462. The lowest BCUT2D eigenvalue weighted by molar-refractivity contribution is -0.127. The summed E-state index contributed by atoms with van der Waals surface area (Å²) < 4.78 is 0. The molecule has 0 spiro atoms. The Morgan fingerprint density at radius 2 is 1.80 bits per heavy atom. The molecule has 1 aromatic carbocycles. The fourth-order valence-electron chi connectivity index (χ4n) is 1.64. The van der Waals surface area contributed by atoms with E-state index in [4.69, 9.17) is 0 Å². The Hall–Kier alpha value is -1.31. The summed E-state index contributed by atoms with van der Waals surface area (Å²) in [6.45, 7) is 7.52. The van der Waals surface area contributed by atoms with E-state index in [0.29, 0.717) is 5.56 Å². The van der Waals surface area contributed by atoms with Crippen molar-refractivity contribution in [3.8, 4) is 5.75 Å². The van der Waals surface area contributed by atoms with Crippen LogP contribution in [-0.2, 0) is 4.79 Å². The van der Waals surface area contributed by atoms with E-state index in [1.165, 1.54) is 0 Å². The van der Waals surface area contributed by atoms with Crippen LogP contribution in [-0.4, -0.2) is 10.9 Å². The van der Waals surface area contributed by atoms with Crippen LogP contribution >= 0.6 is 0 Å². The number of aromatic hydroxyl groups is 1. The second-order valence-electron chi connectivity index (χ2n) is 4.89. The number of Topliss-reactive ketones (excluding diaryl/α,β-unsaturated/α-hetero) is 1.